The number of ether oxygens (including phenoxy) is 2. The zero-order valence-electron chi connectivity index (χ0n) is 17.0. The van der Waals surface area contributed by atoms with Gasteiger partial charge in [-0.3, -0.25) is 4.79 Å². The summed E-state index contributed by atoms with van der Waals surface area (Å²) in [6.07, 6.45) is 2.20. The molecule has 0 unspecified atom stereocenters. The molecule has 0 fully saturated rings. The molecule has 0 radical (unpaired) electrons. The van der Waals surface area contributed by atoms with Crippen LogP contribution >= 0.6 is 23.2 Å². The Labute approximate surface area is 195 Å². The van der Waals surface area contributed by atoms with Gasteiger partial charge in [-0.15, -0.1) is 0 Å². The fourth-order valence-electron chi connectivity index (χ4n) is 2.64. The van der Waals surface area contributed by atoms with E-state index in [0.717, 1.165) is 0 Å². The number of halogens is 2. The van der Waals surface area contributed by atoms with E-state index >= 15 is 0 Å². The highest BCUT2D eigenvalue weighted by Crippen LogP contribution is 2.27. The Morgan fingerprint density at radius 3 is 2.56 bits per heavy atom. The summed E-state index contributed by atoms with van der Waals surface area (Å²) in [5.74, 6) is 0.197. The minimum atomic E-state index is -0.449. The maximum atomic E-state index is 12.1. The van der Waals surface area contributed by atoms with Crippen LogP contribution in [-0.4, -0.2) is 24.7 Å². The molecule has 1 N–H and O–H groups in total. The standard InChI is InChI=1S/C24H20Cl2N2O4/c25-19-11-12-22(21(26)15-19)31-13-5-10-23(29)28-27-16-17-6-4-9-20(14-17)32-24(30)18-7-2-1-3-8-18/h1-4,6-9,11-12,14-16H,5,10,13H2,(H,28,29). The molecule has 0 aliphatic carbocycles. The zero-order chi connectivity index (χ0) is 22.8. The summed E-state index contributed by atoms with van der Waals surface area (Å²) in [5.41, 5.74) is 3.59. The molecule has 0 atom stereocenters. The van der Waals surface area contributed by atoms with Crippen molar-refractivity contribution in [3.05, 3.63) is 94.0 Å². The molecule has 0 aromatic heterocycles. The molecule has 32 heavy (non-hydrogen) atoms. The number of hydrogen-bond donors (Lipinski definition) is 1. The van der Waals surface area contributed by atoms with Crippen LogP contribution in [-0.2, 0) is 4.79 Å². The van der Waals surface area contributed by atoms with E-state index in [2.05, 4.69) is 10.5 Å². The van der Waals surface area contributed by atoms with Gasteiger partial charge in [0, 0.05) is 11.4 Å². The third-order valence-corrected chi connectivity index (χ3v) is 4.71. The lowest BCUT2D eigenvalue weighted by Gasteiger charge is -2.07. The highest BCUT2D eigenvalue weighted by molar-refractivity contribution is 6.35. The van der Waals surface area contributed by atoms with Crippen molar-refractivity contribution in [2.24, 2.45) is 5.10 Å². The average molecular weight is 471 g/mol. The highest BCUT2D eigenvalue weighted by atomic mass is 35.5. The first kappa shape index (κ1) is 23.3. The van der Waals surface area contributed by atoms with E-state index in [1.807, 2.05) is 6.07 Å². The van der Waals surface area contributed by atoms with Crippen molar-refractivity contribution in [3.63, 3.8) is 0 Å². The fourth-order valence-corrected chi connectivity index (χ4v) is 3.10. The first-order valence-corrected chi connectivity index (χ1v) is 10.5. The van der Waals surface area contributed by atoms with Gasteiger partial charge in [-0.05, 0) is 54.4 Å². The maximum Gasteiger partial charge on any atom is 0.343 e. The number of nitrogens with zero attached hydrogens (tertiary/aromatic N) is 1. The monoisotopic (exact) mass is 470 g/mol. The second kappa shape index (κ2) is 11.9. The van der Waals surface area contributed by atoms with Gasteiger partial charge in [0.15, 0.2) is 0 Å². The van der Waals surface area contributed by atoms with Crippen LogP contribution in [0.3, 0.4) is 0 Å². The molecule has 0 aliphatic heterocycles. The van der Waals surface area contributed by atoms with Gasteiger partial charge in [0.1, 0.15) is 11.5 Å². The van der Waals surface area contributed by atoms with Gasteiger partial charge >= 0.3 is 5.97 Å². The van der Waals surface area contributed by atoms with Crippen LogP contribution in [0.5, 0.6) is 11.5 Å². The normalized spacial score (nSPS) is 10.7. The van der Waals surface area contributed by atoms with Crippen molar-refractivity contribution >= 4 is 41.3 Å². The van der Waals surface area contributed by atoms with Crippen molar-refractivity contribution in [2.45, 2.75) is 12.8 Å². The summed E-state index contributed by atoms with van der Waals surface area (Å²) >= 11 is 11.9. The van der Waals surface area contributed by atoms with Crippen molar-refractivity contribution in [1.82, 2.24) is 5.43 Å². The lowest BCUT2D eigenvalue weighted by molar-refractivity contribution is -0.121. The lowest BCUT2D eigenvalue weighted by Crippen LogP contribution is -2.18. The summed E-state index contributed by atoms with van der Waals surface area (Å²) < 4.78 is 10.9. The SMILES string of the molecule is O=C(CCCOc1ccc(Cl)cc1Cl)NN=Cc1cccc(OC(=O)c2ccccc2)c1. The molecule has 3 aromatic carbocycles. The molecular weight excluding hydrogens is 451 g/mol. The quantitative estimate of drug-likeness (QED) is 0.147. The minimum Gasteiger partial charge on any atom is -0.492 e. The molecule has 164 valence electrons. The second-order valence-electron chi connectivity index (χ2n) is 6.65. The van der Waals surface area contributed by atoms with E-state index in [0.29, 0.717) is 45.7 Å². The van der Waals surface area contributed by atoms with E-state index in [4.69, 9.17) is 32.7 Å². The molecule has 6 nitrogen and oxygen atoms in total. The number of esters is 1. The Morgan fingerprint density at radius 1 is 0.969 bits per heavy atom. The fraction of sp³-hybridized carbons (Fsp3) is 0.125. The number of rotatable bonds is 9. The Bertz CT molecular complexity index is 1100. The van der Waals surface area contributed by atoms with Gasteiger partial charge in [-0.1, -0.05) is 53.5 Å². The molecule has 0 aliphatic rings. The number of hydrogen-bond acceptors (Lipinski definition) is 5. The summed E-state index contributed by atoms with van der Waals surface area (Å²) in [4.78, 5) is 24.1. The minimum absolute atomic E-state index is 0.233. The van der Waals surface area contributed by atoms with E-state index in [-0.39, 0.29) is 12.3 Å². The molecule has 0 saturated heterocycles. The predicted molar refractivity (Wildman–Crippen MR) is 125 cm³/mol. The summed E-state index contributed by atoms with van der Waals surface area (Å²) in [7, 11) is 0. The summed E-state index contributed by atoms with van der Waals surface area (Å²) in [6, 6.07) is 20.5. The predicted octanol–water partition coefficient (Wildman–Crippen LogP) is 5.52. The highest BCUT2D eigenvalue weighted by Gasteiger charge is 2.08. The summed E-state index contributed by atoms with van der Waals surface area (Å²) in [5, 5.41) is 4.89. The molecule has 0 saturated carbocycles. The number of amides is 1. The number of hydrazone groups is 1. The molecule has 0 spiro atoms. The number of carbonyl (C=O) groups excluding carboxylic acids is 2. The second-order valence-corrected chi connectivity index (χ2v) is 7.49. The van der Waals surface area contributed by atoms with Crippen LogP contribution in [0.2, 0.25) is 10.0 Å². The Kier molecular flexibility index (Phi) is 8.66. The van der Waals surface area contributed by atoms with Gasteiger partial charge in [0.2, 0.25) is 5.91 Å². The zero-order valence-corrected chi connectivity index (χ0v) is 18.5. The topological polar surface area (TPSA) is 77.0 Å². The molecule has 8 heteroatoms. The smallest absolute Gasteiger partial charge is 0.343 e. The first-order chi connectivity index (χ1) is 15.5. The van der Waals surface area contributed by atoms with E-state index in [9.17, 15) is 9.59 Å². The van der Waals surface area contributed by atoms with Gasteiger partial charge in [-0.25, -0.2) is 10.2 Å². The maximum absolute atomic E-state index is 12.1. The van der Waals surface area contributed by atoms with Gasteiger partial charge in [-0.2, -0.15) is 5.10 Å². The molecule has 0 heterocycles. The number of benzene rings is 3. The van der Waals surface area contributed by atoms with Crippen molar-refractivity contribution in [3.8, 4) is 11.5 Å². The van der Waals surface area contributed by atoms with Crippen molar-refractivity contribution in [2.75, 3.05) is 6.61 Å². The average Bonchev–Trinajstić information content (AvgIpc) is 2.79. The van der Waals surface area contributed by atoms with E-state index in [1.165, 1.54) is 6.21 Å². The van der Waals surface area contributed by atoms with Crippen LogP contribution < -0.4 is 14.9 Å². The number of carbonyl (C=O) groups is 2. The van der Waals surface area contributed by atoms with Crippen LogP contribution in [0, 0.1) is 0 Å². The largest absolute Gasteiger partial charge is 0.492 e. The molecular formula is C24H20Cl2N2O4. The van der Waals surface area contributed by atoms with Crippen LogP contribution in [0.1, 0.15) is 28.8 Å². The third kappa shape index (κ3) is 7.41. The van der Waals surface area contributed by atoms with Gasteiger partial charge < -0.3 is 9.47 Å². The number of nitrogens with one attached hydrogen (secondary N) is 1. The Hall–Kier alpha value is -3.35. The Balaban J connectivity index is 1.41. The molecule has 3 aromatic rings. The first-order valence-electron chi connectivity index (χ1n) is 9.78. The molecule has 1 amide bonds. The van der Waals surface area contributed by atoms with E-state index < -0.39 is 5.97 Å². The van der Waals surface area contributed by atoms with Crippen molar-refractivity contribution in [1.29, 1.82) is 0 Å². The van der Waals surface area contributed by atoms with Crippen LogP contribution in [0.4, 0.5) is 0 Å². The Morgan fingerprint density at radius 2 is 1.78 bits per heavy atom. The van der Waals surface area contributed by atoms with E-state index in [1.54, 1.807) is 66.7 Å². The summed E-state index contributed by atoms with van der Waals surface area (Å²) in [6.45, 7) is 0.327. The van der Waals surface area contributed by atoms with Crippen molar-refractivity contribution < 1.29 is 19.1 Å². The molecule has 3 rings (SSSR count). The van der Waals surface area contributed by atoms with Gasteiger partial charge in [0.25, 0.3) is 0 Å². The van der Waals surface area contributed by atoms with Crippen LogP contribution in [0.25, 0.3) is 0 Å². The van der Waals surface area contributed by atoms with Gasteiger partial charge in [0.05, 0.1) is 23.4 Å². The molecule has 0 bridgehead atoms. The van der Waals surface area contributed by atoms with Crippen LogP contribution in [0.15, 0.2) is 77.9 Å². The lowest BCUT2D eigenvalue weighted by atomic mass is 10.2. The third-order valence-electron chi connectivity index (χ3n) is 4.18.